The smallest absolute Gasteiger partial charge is 0.137 e. The number of hydrogen-bond acceptors (Lipinski definition) is 5. The normalized spacial score (nSPS) is 17.4. The molecule has 0 amide bonds. The van der Waals surface area contributed by atoms with Crippen LogP contribution in [0.4, 0.5) is 0 Å². The first-order chi connectivity index (χ1) is 12.1. The van der Waals surface area contributed by atoms with Gasteiger partial charge in [-0.25, -0.2) is 4.98 Å². The number of aromatic nitrogens is 2. The second-order valence-corrected chi connectivity index (χ2v) is 6.63. The van der Waals surface area contributed by atoms with E-state index in [1.807, 2.05) is 29.9 Å². The number of hydrogen-bond donors (Lipinski definition) is 1. The van der Waals surface area contributed by atoms with Gasteiger partial charge in [0.2, 0.25) is 0 Å². The van der Waals surface area contributed by atoms with E-state index in [1.54, 1.807) is 20.4 Å². The molecule has 6 heteroatoms. The minimum atomic E-state index is -0.488. The van der Waals surface area contributed by atoms with Crippen molar-refractivity contribution < 1.29 is 14.6 Å². The monoisotopic (exact) mass is 345 g/mol. The zero-order valence-corrected chi connectivity index (χ0v) is 15.2. The van der Waals surface area contributed by atoms with Crippen LogP contribution in [0.5, 0.6) is 11.5 Å². The highest BCUT2D eigenvalue weighted by Gasteiger charge is 2.28. The number of nitrogens with zero attached hydrogens (tertiary/aromatic N) is 3. The van der Waals surface area contributed by atoms with Crippen molar-refractivity contribution in [2.45, 2.75) is 25.5 Å². The van der Waals surface area contributed by atoms with Gasteiger partial charge >= 0.3 is 0 Å². The highest BCUT2D eigenvalue weighted by Crippen LogP contribution is 2.31. The Morgan fingerprint density at radius 3 is 2.60 bits per heavy atom. The molecule has 6 nitrogen and oxygen atoms in total. The molecule has 0 aliphatic carbocycles. The van der Waals surface area contributed by atoms with Crippen molar-refractivity contribution in [3.05, 3.63) is 42.0 Å². The molecule has 0 bridgehead atoms. The molecule has 2 heterocycles. The molecule has 1 aromatic heterocycles. The second kappa shape index (κ2) is 7.89. The molecule has 1 atom stereocenters. The first kappa shape index (κ1) is 17.8. The topological polar surface area (TPSA) is 59.8 Å². The van der Waals surface area contributed by atoms with E-state index in [2.05, 4.69) is 16.0 Å². The molecule has 136 valence electrons. The van der Waals surface area contributed by atoms with Crippen LogP contribution in [0.3, 0.4) is 0 Å². The van der Waals surface area contributed by atoms with E-state index in [0.717, 1.165) is 55.4 Å². The zero-order valence-electron chi connectivity index (χ0n) is 15.2. The minimum absolute atomic E-state index is 0.259. The van der Waals surface area contributed by atoms with Crippen molar-refractivity contribution >= 4 is 0 Å². The number of methoxy groups -OCH3 is 2. The third kappa shape index (κ3) is 3.96. The molecule has 0 radical (unpaired) electrons. The third-order valence-corrected chi connectivity index (χ3v) is 5.09. The van der Waals surface area contributed by atoms with Gasteiger partial charge in [-0.1, -0.05) is 6.07 Å². The number of rotatable bonds is 6. The van der Waals surface area contributed by atoms with E-state index < -0.39 is 6.10 Å². The number of ether oxygens (including phenoxy) is 2. The zero-order chi connectivity index (χ0) is 17.8. The Balaban J connectivity index is 1.59. The van der Waals surface area contributed by atoms with Crippen molar-refractivity contribution in [3.63, 3.8) is 0 Å². The molecular formula is C19H27N3O3. The SMILES string of the molecule is COc1ccc(CN2CCC(C(O)c3nccn3C)CC2)c(OC)c1. The van der Waals surface area contributed by atoms with E-state index in [0.29, 0.717) is 0 Å². The molecule has 3 rings (SSSR count). The van der Waals surface area contributed by atoms with E-state index in [1.165, 1.54) is 0 Å². The fraction of sp³-hybridized carbons (Fsp3) is 0.526. The second-order valence-electron chi connectivity index (χ2n) is 6.63. The first-order valence-electron chi connectivity index (χ1n) is 8.71. The maximum Gasteiger partial charge on any atom is 0.137 e. The average molecular weight is 345 g/mol. The van der Waals surface area contributed by atoms with Gasteiger partial charge in [0, 0.05) is 37.6 Å². The van der Waals surface area contributed by atoms with Crippen LogP contribution in [0.2, 0.25) is 0 Å². The van der Waals surface area contributed by atoms with Crippen LogP contribution in [-0.2, 0) is 13.6 Å². The Morgan fingerprint density at radius 1 is 1.24 bits per heavy atom. The Kier molecular flexibility index (Phi) is 5.60. The Hall–Kier alpha value is -2.05. The molecule has 1 saturated heterocycles. The Bertz CT molecular complexity index is 693. The number of likely N-dealkylation sites (tertiary alicyclic amines) is 1. The third-order valence-electron chi connectivity index (χ3n) is 5.09. The molecule has 2 aromatic rings. The van der Waals surface area contributed by atoms with Gasteiger partial charge in [-0.2, -0.15) is 0 Å². The van der Waals surface area contributed by atoms with E-state index in [-0.39, 0.29) is 5.92 Å². The van der Waals surface area contributed by atoms with Gasteiger partial charge in [0.15, 0.2) is 0 Å². The lowest BCUT2D eigenvalue weighted by molar-refractivity contribution is 0.0490. The summed E-state index contributed by atoms with van der Waals surface area (Å²) >= 11 is 0. The molecule has 1 aromatic carbocycles. The van der Waals surface area contributed by atoms with Crippen LogP contribution >= 0.6 is 0 Å². The van der Waals surface area contributed by atoms with Crippen molar-refractivity contribution in [3.8, 4) is 11.5 Å². The van der Waals surface area contributed by atoms with Crippen LogP contribution in [-0.4, -0.2) is 46.9 Å². The maximum atomic E-state index is 10.6. The summed E-state index contributed by atoms with van der Waals surface area (Å²) in [6.45, 7) is 2.76. The fourth-order valence-electron chi connectivity index (χ4n) is 3.52. The maximum absolute atomic E-state index is 10.6. The summed E-state index contributed by atoms with van der Waals surface area (Å²) in [6, 6.07) is 5.95. The van der Waals surface area contributed by atoms with Crippen LogP contribution < -0.4 is 9.47 Å². The van der Waals surface area contributed by atoms with Gasteiger partial charge in [-0.05, 0) is 37.9 Å². The Morgan fingerprint density at radius 2 is 2.00 bits per heavy atom. The Labute approximate surface area is 149 Å². The standard InChI is InChI=1S/C19H27N3O3/c1-21-11-8-20-19(21)18(23)14-6-9-22(10-7-14)13-15-4-5-16(24-2)12-17(15)25-3/h4-5,8,11-12,14,18,23H,6-7,9-10,13H2,1-3H3. The summed E-state index contributed by atoms with van der Waals surface area (Å²) in [5.74, 6) is 2.68. The van der Waals surface area contributed by atoms with Crippen LogP contribution in [0, 0.1) is 5.92 Å². The van der Waals surface area contributed by atoms with E-state index in [9.17, 15) is 5.11 Å². The van der Waals surface area contributed by atoms with Crippen LogP contribution in [0.15, 0.2) is 30.6 Å². The molecule has 1 fully saturated rings. The number of aryl methyl sites for hydroxylation is 1. The highest BCUT2D eigenvalue weighted by atomic mass is 16.5. The van der Waals surface area contributed by atoms with E-state index >= 15 is 0 Å². The molecule has 0 saturated carbocycles. The quantitative estimate of drug-likeness (QED) is 0.871. The van der Waals surface area contributed by atoms with Crippen molar-refractivity contribution in [2.75, 3.05) is 27.3 Å². The molecule has 25 heavy (non-hydrogen) atoms. The van der Waals surface area contributed by atoms with Gasteiger partial charge in [-0.3, -0.25) is 4.90 Å². The predicted molar refractivity (Wildman–Crippen MR) is 95.7 cm³/mol. The highest BCUT2D eigenvalue weighted by molar-refractivity contribution is 5.40. The largest absolute Gasteiger partial charge is 0.497 e. The predicted octanol–water partition coefficient (Wildman–Crippen LogP) is 2.38. The summed E-state index contributed by atoms with van der Waals surface area (Å²) in [6.07, 6.45) is 5.06. The summed E-state index contributed by atoms with van der Waals surface area (Å²) in [4.78, 5) is 6.70. The molecular weight excluding hydrogens is 318 g/mol. The van der Waals surface area contributed by atoms with Crippen LogP contribution in [0.25, 0.3) is 0 Å². The molecule has 0 spiro atoms. The molecule has 1 N–H and O–H groups in total. The number of aliphatic hydroxyl groups excluding tert-OH is 1. The fourth-order valence-corrected chi connectivity index (χ4v) is 3.52. The van der Waals surface area contributed by atoms with E-state index in [4.69, 9.17) is 9.47 Å². The summed E-state index contributed by atoms with van der Waals surface area (Å²) < 4.78 is 12.7. The lowest BCUT2D eigenvalue weighted by atomic mass is 9.90. The lowest BCUT2D eigenvalue weighted by Crippen LogP contribution is -2.35. The molecule has 1 unspecified atom stereocenters. The number of aliphatic hydroxyl groups is 1. The number of piperidine rings is 1. The van der Waals surface area contributed by atoms with Crippen molar-refractivity contribution in [1.82, 2.24) is 14.5 Å². The molecule has 1 aliphatic heterocycles. The van der Waals surface area contributed by atoms with Gasteiger partial charge in [0.05, 0.1) is 14.2 Å². The lowest BCUT2D eigenvalue weighted by Gasteiger charge is -2.34. The average Bonchev–Trinajstić information content (AvgIpc) is 3.08. The summed E-state index contributed by atoms with van der Waals surface area (Å²) in [7, 11) is 5.27. The molecule has 1 aliphatic rings. The van der Waals surface area contributed by atoms with Gasteiger partial charge < -0.3 is 19.1 Å². The van der Waals surface area contributed by atoms with Gasteiger partial charge in [0.1, 0.15) is 23.4 Å². The number of benzene rings is 1. The van der Waals surface area contributed by atoms with Gasteiger partial charge in [-0.15, -0.1) is 0 Å². The summed E-state index contributed by atoms with van der Waals surface area (Å²) in [5.41, 5.74) is 1.16. The van der Waals surface area contributed by atoms with Gasteiger partial charge in [0.25, 0.3) is 0 Å². The first-order valence-corrected chi connectivity index (χ1v) is 8.71. The number of imidazole rings is 1. The minimum Gasteiger partial charge on any atom is -0.497 e. The summed E-state index contributed by atoms with van der Waals surface area (Å²) in [5, 5.41) is 10.6. The van der Waals surface area contributed by atoms with Crippen LogP contribution in [0.1, 0.15) is 30.3 Å². The van der Waals surface area contributed by atoms with Crippen molar-refractivity contribution in [1.29, 1.82) is 0 Å². The van der Waals surface area contributed by atoms with Crippen molar-refractivity contribution in [2.24, 2.45) is 13.0 Å².